The van der Waals surface area contributed by atoms with Gasteiger partial charge in [-0.2, -0.15) is 9.40 Å². The average molecular weight is 281 g/mol. The topological polar surface area (TPSA) is 94.1 Å². The molecule has 0 aliphatic carbocycles. The van der Waals surface area contributed by atoms with E-state index >= 15 is 0 Å². The lowest BCUT2D eigenvalue weighted by Gasteiger charge is -2.17. The van der Waals surface area contributed by atoms with E-state index < -0.39 is 10.0 Å². The molecule has 2 N–H and O–H groups in total. The molecule has 0 spiro atoms. The molecule has 19 heavy (non-hydrogen) atoms. The van der Waals surface area contributed by atoms with Crippen molar-refractivity contribution >= 4 is 15.7 Å². The normalized spacial score (nSPS) is 11.9. The van der Waals surface area contributed by atoms with Crippen LogP contribution in [0.5, 0.6) is 0 Å². The van der Waals surface area contributed by atoms with Crippen molar-refractivity contribution in [1.82, 2.24) is 19.1 Å². The molecule has 0 saturated heterocycles. The Morgan fingerprint density at radius 1 is 1.42 bits per heavy atom. The molecule has 7 nitrogen and oxygen atoms in total. The third-order valence-electron chi connectivity index (χ3n) is 2.67. The first-order valence-corrected chi connectivity index (χ1v) is 6.98. The van der Waals surface area contributed by atoms with E-state index in [0.717, 1.165) is 5.56 Å². The van der Waals surface area contributed by atoms with Gasteiger partial charge in [0.2, 0.25) is 10.0 Å². The Morgan fingerprint density at radius 2 is 2.16 bits per heavy atom. The summed E-state index contributed by atoms with van der Waals surface area (Å²) in [6.07, 6.45) is 6.09. The van der Waals surface area contributed by atoms with Crippen LogP contribution in [0.25, 0.3) is 0 Å². The molecule has 0 aromatic carbocycles. The molecule has 0 aliphatic rings. The van der Waals surface area contributed by atoms with Crippen molar-refractivity contribution in [2.24, 2.45) is 7.05 Å². The van der Waals surface area contributed by atoms with Crippen LogP contribution in [-0.2, 0) is 23.6 Å². The van der Waals surface area contributed by atoms with Gasteiger partial charge in [0.25, 0.3) is 0 Å². The van der Waals surface area contributed by atoms with Crippen molar-refractivity contribution in [3.05, 3.63) is 36.4 Å². The average Bonchev–Trinajstić information content (AvgIpc) is 2.75. The van der Waals surface area contributed by atoms with Gasteiger partial charge >= 0.3 is 0 Å². The van der Waals surface area contributed by atoms with Gasteiger partial charge in [0.1, 0.15) is 4.90 Å². The molecule has 2 aromatic rings. The van der Waals surface area contributed by atoms with Gasteiger partial charge in [0.05, 0.1) is 11.9 Å². The zero-order chi connectivity index (χ0) is 14.0. The summed E-state index contributed by atoms with van der Waals surface area (Å²) in [5.41, 5.74) is 6.67. The highest BCUT2D eigenvalue weighted by molar-refractivity contribution is 7.89. The summed E-state index contributed by atoms with van der Waals surface area (Å²) >= 11 is 0. The molecule has 102 valence electrons. The Balaban J connectivity index is 2.27. The van der Waals surface area contributed by atoms with E-state index in [1.807, 2.05) is 0 Å². The van der Waals surface area contributed by atoms with Crippen LogP contribution < -0.4 is 5.73 Å². The second-order valence-corrected chi connectivity index (χ2v) is 6.21. The standard InChI is InChI=1S/C11H15N5O2S/c1-15-7-9(5-14-15)8-16(2)19(17,18)11-6-13-4-3-10(11)12/h3-7H,8H2,1-2H3,(H2,12,13). The Hall–Kier alpha value is -1.93. The summed E-state index contributed by atoms with van der Waals surface area (Å²) < 4.78 is 27.5. The van der Waals surface area contributed by atoms with Crippen LogP contribution in [0, 0.1) is 0 Å². The molecule has 2 heterocycles. The van der Waals surface area contributed by atoms with Crippen molar-refractivity contribution in [1.29, 1.82) is 0 Å². The van der Waals surface area contributed by atoms with Crippen LogP contribution in [0.1, 0.15) is 5.56 Å². The predicted octanol–water partition coefficient (Wildman–Crippen LogP) is 0.218. The Kier molecular flexibility index (Phi) is 3.54. The highest BCUT2D eigenvalue weighted by atomic mass is 32.2. The number of nitrogen functional groups attached to an aromatic ring is 1. The molecular weight excluding hydrogens is 266 g/mol. The number of hydrogen-bond acceptors (Lipinski definition) is 5. The van der Waals surface area contributed by atoms with Crippen LogP contribution >= 0.6 is 0 Å². The molecule has 0 unspecified atom stereocenters. The van der Waals surface area contributed by atoms with Crippen LogP contribution in [0.3, 0.4) is 0 Å². The van der Waals surface area contributed by atoms with Gasteiger partial charge in [-0.15, -0.1) is 0 Å². The third kappa shape index (κ3) is 2.74. The molecule has 0 amide bonds. The molecular formula is C11H15N5O2S. The zero-order valence-electron chi connectivity index (χ0n) is 10.7. The number of pyridine rings is 1. The number of anilines is 1. The summed E-state index contributed by atoms with van der Waals surface area (Å²) in [5.74, 6) is 0. The molecule has 0 radical (unpaired) electrons. The quantitative estimate of drug-likeness (QED) is 0.865. The maximum atomic E-state index is 12.3. The van der Waals surface area contributed by atoms with E-state index in [0.29, 0.717) is 0 Å². The largest absolute Gasteiger partial charge is 0.398 e. The number of hydrogen-bond donors (Lipinski definition) is 1. The molecule has 2 aromatic heterocycles. The van der Waals surface area contributed by atoms with Gasteiger partial charge in [0.15, 0.2) is 0 Å². The fraction of sp³-hybridized carbons (Fsp3) is 0.273. The lowest BCUT2D eigenvalue weighted by molar-refractivity contribution is 0.466. The lowest BCUT2D eigenvalue weighted by atomic mass is 10.4. The van der Waals surface area contributed by atoms with Crippen molar-refractivity contribution < 1.29 is 8.42 Å². The van der Waals surface area contributed by atoms with E-state index in [1.165, 1.54) is 29.8 Å². The number of sulfonamides is 1. The zero-order valence-corrected chi connectivity index (χ0v) is 11.5. The first-order valence-electron chi connectivity index (χ1n) is 5.54. The molecule has 2 rings (SSSR count). The molecule has 0 bridgehead atoms. The second-order valence-electron chi connectivity index (χ2n) is 4.20. The van der Waals surface area contributed by atoms with E-state index in [4.69, 9.17) is 5.73 Å². The van der Waals surface area contributed by atoms with Gasteiger partial charge in [-0.25, -0.2) is 8.42 Å². The highest BCUT2D eigenvalue weighted by Crippen LogP contribution is 2.21. The van der Waals surface area contributed by atoms with E-state index in [1.54, 1.807) is 24.1 Å². The summed E-state index contributed by atoms with van der Waals surface area (Å²) in [4.78, 5) is 3.82. The molecule has 0 saturated carbocycles. The van der Waals surface area contributed by atoms with Gasteiger partial charge in [-0.05, 0) is 6.07 Å². The maximum absolute atomic E-state index is 12.3. The van der Waals surface area contributed by atoms with E-state index in [-0.39, 0.29) is 17.1 Å². The maximum Gasteiger partial charge on any atom is 0.246 e. The Labute approximate surface area is 111 Å². The third-order valence-corrected chi connectivity index (χ3v) is 4.51. The van der Waals surface area contributed by atoms with E-state index in [2.05, 4.69) is 10.1 Å². The monoisotopic (exact) mass is 281 g/mol. The summed E-state index contributed by atoms with van der Waals surface area (Å²) in [6, 6.07) is 1.46. The Bertz CT molecular complexity index is 680. The minimum absolute atomic E-state index is 0.0152. The van der Waals surface area contributed by atoms with Gasteiger partial charge in [0, 0.05) is 44.8 Å². The minimum Gasteiger partial charge on any atom is -0.398 e. The van der Waals surface area contributed by atoms with Crippen LogP contribution in [0.15, 0.2) is 35.7 Å². The number of nitrogens with two attached hydrogens (primary N) is 1. The van der Waals surface area contributed by atoms with Gasteiger partial charge in [-0.1, -0.05) is 0 Å². The van der Waals surface area contributed by atoms with Crippen molar-refractivity contribution in [3.63, 3.8) is 0 Å². The van der Waals surface area contributed by atoms with Crippen molar-refractivity contribution in [2.45, 2.75) is 11.4 Å². The molecule has 0 fully saturated rings. The number of aryl methyl sites for hydroxylation is 1. The van der Waals surface area contributed by atoms with Crippen LogP contribution in [0.2, 0.25) is 0 Å². The fourth-order valence-corrected chi connectivity index (χ4v) is 2.88. The predicted molar refractivity (Wildman–Crippen MR) is 70.5 cm³/mol. The summed E-state index contributed by atoms with van der Waals surface area (Å²) in [7, 11) is -0.380. The smallest absolute Gasteiger partial charge is 0.246 e. The van der Waals surface area contributed by atoms with Crippen molar-refractivity contribution in [2.75, 3.05) is 12.8 Å². The van der Waals surface area contributed by atoms with E-state index in [9.17, 15) is 8.42 Å². The lowest BCUT2D eigenvalue weighted by Crippen LogP contribution is -2.27. The van der Waals surface area contributed by atoms with Gasteiger partial charge < -0.3 is 5.73 Å². The van der Waals surface area contributed by atoms with Gasteiger partial charge in [-0.3, -0.25) is 9.67 Å². The van der Waals surface area contributed by atoms with Crippen molar-refractivity contribution in [3.8, 4) is 0 Å². The minimum atomic E-state index is -3.65. The SMILES string of the molecule is CN(Cc1cnn(C)c1)S(=O)(=O)c1cnccc1N. The number of rotatable bonds is 4. The molecule has 8 heteroatoms. The Morgan fingerprint density at radius 3 is 2.74 bits per heavy atom. The van der Waals surface area contributed by atoms with Crippen LogP contribution in [-0.4, -0.2) is 34.5 Å². The summed E-state index contributed by atoms with van der Waals surface area (Å²) in [6.45, 7) is 0.227. The first-order chi connectivity index (χ1) is 8.91. The molecule has 0 aliphatic heterocycles. The van der Waals surface area contributed by atoms with Crippen LogP contribution in [0.4, 0.5) is 5.69 Å². The number of nitrogens with zero attached hydrogens (tertiary/aromatic N) is 4. The first kappa shape index (κ1) is 13.5. The highest BCUT2D eigenvalue weighted by Gasteiger charge is 2.23. The fourth-order valence-electron chi connectivity index (χ4n) is 1.67. The summed E-state index contributed by atoms with van der Waals surface area (Å²) in [5, 5.41) is 4.00. The second kappa shape index (κ2) is 4.98. The molecule has 0 atom stereocenters. The number of aromatic nitrogens is 3.